The predicted octanol–water partition coefficient (Wildman–Crippen LogP) is 16.2. The molecular weight excluding hydrogens is 837 g/mol. The quantitative estimate of drug-likeness (QED) is 0.172. The van der Waals surface area contributed by atoms with Crippen LogP contribution in [0.2, 0.25) is 0 Å². The van der Waals surface area contributed by atoms with Crippen molar-refractivity contribution in [2.24, 2.45) is 0 Å². The van der Waals surface area contributed by atoms with Gasteiger partial charge in [0.05, 0.1) is 33.2 Å². The molecule has 15 rings (SSSR count). The van der Waals surface area contributed by atoms with Crippen molar-refractivity contribution in [3.8, 4) is 50.2 Å². The van der Waals surface area contributed by atoms with E-state index in [0.29, 0.717) is 0 Å². The van der Waals surface area contributed by atoms with Gasteiger partial charge in [-0.25, -0.2) is 4.98 Å². The SMILES string of the molecule is CC1(C)c2ccccc2-c2ccc(N(c3ccc(-c4ccc(-n5c6ccccc6n6c7ccccc7nc56)cc4)cc3)c3cccc4c3C3(c5ccccc5-c5ccccc53)c3ccccc3-4)cc21. The molecule has 3 aliphatic rings. The highest BCUT2D eigenvalue weighted by Gasteiger charge is 2.53. The van der Waals surface area contributed by atoms with Crippen LogP contribution in [0, 0.1) is 0 Å². The van der Waals surface area contributed by atoms with E-state index in [9.17, 15) is 0 Å². The number of nitrogens with zero attached hydrogens (tertiary/aromatic N) is 4. The Bertz CT molecular complexity index is 4050. The van der Waals surface area contributed by atoms with Gasteiger partial charge >= 0.3 is 0 Å². The maximum atomic E-state index is 5.12. The molecule has 4 nitrogen and oxygen atoms in total. The van der Waals surface area contributed by atoms with E-state index in [1.807, 2.05) is 0 Å². The molecule has 10 aromatic carbocycles. The molecule has 0 fully saturated rings. The monoisotopic (exact) mass is 880 g/mol. The summed E-state index contributed by atoms with van der Waals surface area (Å²) in [7, 11) is 0. The Morgan fingerprint density at radius 1 is 0.391 bits per heavy atom. The number of hydrogen-bond donors (Lipinski definition) is 0. The summed E-state index contributed by atoms with van der Waals surface area (Å²) in [5.41, 5.74) is 26.4. The summed E-state index contributed by atoms with van der Waals surface area (Å²) >= 11 is 0. The molecule has 0 saturated carbocycles. The summed E-state index contributed by atoms with van der Waals surface area (Å²) in [6.07, 6.45) is 0. The molecule has 0 N–H and O–H groups in total. The Kier molecular flexibility index (Phi) is 7.74. The lowest BCUT2D eigenvalue weighted by molar-refractivity contribution is 0.660. The molecule has 2 heterocycles. The van der Waals surface area contributed by atoms with Gasteiger partial charge in [0.2, 0.25) is 5.78 Å². The number of benzene rings is 10. The first-order valence-electron chi connectivity index (χ1n) is 24.0. The molecule has 0 amide bonds. The van der Waals surface area contributed by atoms with Gasteiger partial charge in [0.25, 0.3) is 0 Å². The normalized spacial score (nSPS) is 14.2. The molecule has 0 aliphatic heterocycles. The number of imidazole rings is 2. The molecule has 0 saturated heterocycles. The Hall–Kier alpha value is -8.73. The van der Waals surface area contributed by atoms with Gasteiger partial charge in [0.15, 0.2) is 0 Å². The van der Waals surface area contributed by atoms with Gasteiger partial charge in [0, 0.05) is 28.0 Å². The number of rotatable bonds is 5. The van der Waals surface area contributed by atoms with Crippen LogP contribution in [0.3, 0.4) is 0 Å². The Morgan fingerprint density at radius 3 is 1.55 bits per heavy atom. The maximum Gasteiger partial charge on any atom is 0.220 e. The topological polar surface area (TPSA) is 25.5 Å². The van der Waals surface area contributed by atoms with Crippen LogP contribution >= 0.6 is 0 Å². The number of aromatic nitrogens is 3. The van der Waals surface area contributed by atoms with Crippen molar-refractivity contribution >= 4 is 44.9 Å². The molecule has 4 heteroatoms. The molecule has 324 valence electrons. The fraction of sp³-hybridized carbons (Fsp3) is 0.0615. The second-order valence-corrected chi connectivity index (χ2v) is 19.5. The van der Waals surface area contributed by atoms with Crippen LogP contribution in [0.4, 0.5) is 17.1 Å². The van der Waals surface area contributed by atoms with Crippen LogP contribution in [0.5, 0.6) is 0 Å². The summed E-state index contributed by atoms with van der Waals surface area (Å²) in [4.78, 5) is 7.66. The van der Waals surface area contributed by atoms with Gasteiger partial charge in [-0.1, -0.05) is 178 Å². The predicted molar refractivity (Wildman–Crippen MR) is 284 cm³/mol. The van der Waals surface area contributed by atoms with E-state index < -0.39 is 5.41 Å². The first-order chi connectivity index (χ1) is 34.0. The summed E-state index contributed by atoms with van der Waals surface area (Å²) in [6, 6.07) is 85.6. The first-order valence-corrected chi connectivity index (χ1v) is 24.0. The van der Waals surface area contributed by atoms with Crippen molar-refractivity contribution in [3.05, 3.63) is 264 Å². The zero-order valence-corrected chi connectivity index (χ0v) is 38.2. The van der Waals surface area contributed by atoms with Gasteiger partial charge in [-0.15, -0.1) is 0 Å². The minimum Gasteiger partial charge on any atom is -0.310 e. The molecular formula is C65H44N4. The Balaban J connectivity index is 0.908. The fourth-order valence-corrected chi connectivity index (χ4v) is 12.8. The molecule has 0 radical (unpaired) electrons. The molecule has 1 spiro atoms. The summed E-state index contributed by atoms with van der Waals surface area (Å²) in [5, 5.41) is 0. The molecule has 0 bridgehead atoms. The Morgan fingerprint density at radius 2 is 0.884 bits per heavy atom. The van der Waals surface area contributed by atoms with Crippen LogP contribution in [0.1, 0.15) is 47.2 Å². The lowest BCUT2D eigenvalue weighted by Gasteiger charge is -2.36. The zero-order chi connectivity index (χ0) is 45.6. The molecule has 2 aromatic heterocycles. The largest absolute Gasteiger partial charge is 0.310 e. The van der Waals surface area contributed by atoms with E-state index >= 15 is 0 Å². The molecule has 69 heavy (non-hydrogen) atoms. The van der Waals surface area contributed by atoms with Crippen molar-refractivity contribution < 1.29 is 0 Å². The fourth-order valence-electron chi connectivity index (χ4n) is 12.8. The molecule has 12 aromatic rings. The summed E-state index contributed by atoms with van der Waals surface area (Å²) in [5.74, 6) is 0.912. The van der Waals surface area contributed by atoms with Crippen molar-refractivity contribution in [1.82, 2.24) is 14.0 Å². The molecule has 3 aliphatic carbocycles. The van der Waals surface area contributed by atoms with Gasteiger partial charge in [-0.05, 0) is 139 Å². The van der Waals surface area contributed by atoms with Crippen LogP contribution in [-0.2, 0) is 10.8 Å². The minimum absolute atomic E-state index is 0.160. The van der Waals surface area contributed by atoms with Gasteiger partial charge in [-0.3, -0.25) is 8.97 Å². The van der Waals surface area contributed by atoms with Crippen molar-refractivity contribution in [3.63, 3.8) is 0 Å². The maximum absolute atomic E-state index is 5.12. The lowest BCUT2D eigenvalue weighted by Crippen LogP contribution is -2.28. The highest BCUT2D eigenvalue weighted by Crippen LogP contribution is 2.65. The minimum atomic E-state index is -0.512. The van der Waals surface area contributed by atoms with E-state index in [-0.39, 0.29) is 5.41 Å². The second-order valence-electron chi connectivity index (χ2n) is 19.5. The smallest absolute Gasteiger partial charge is 0.220 e. The first kappa shape index (κ1) is 38.4. The third-order valence-electron chi connectivity index (χ3n) is 15.7. The number of hydrogen-bond acceptors (Lipinski definition) is 2. The van der Waals surface area contributed by atoms with Gasteiger partial charge in [0.1, 0.15) is 0 Å². The van der Waals surface area contributed by atoms with Crippen LogP contribution in [-0.4, -0.2) is 14.0 Å². The van der Waals surface area contributed by atoms with E-state index in [0.717, 1.165) is 56.0 Å². The van der Waals surface area contributed by atoms with E-state index in [1.54, 1.807) is 0 Å². The van der Waals surface area contributed by atoms with Crippen LogP contribution < -0.4 is 4.90 Å². The number of fused-ring (bicyclic) bond motifs is 18. The van der Waals surface area contributed by atoms with Crippen molar-refractivity contribution in [1.29, 1.82) is 0 Å². The van der Waals surface area contributed by atoms with Gasteiger partial charge in [-0.2, -0.15) is 0 Å². The van der Waals surface area contributed by atoms with Crippen molar-refractivity contribution in [2.75, 3.05) is 4.90 Å². The highest BCUT2D eigenvalue weighted by molar-refractivity contribution is 6.00. The van der Waals surface area contributed by atoms with E-state index in [2.05, 4.69) is 258 Å². The molecule has 0 atom stereocenters. The number of anilines is 3. The summed E-state index contributed by atoms with van der Waals surface area (Å²) in [6.45, 7) is 4.76. The molecule has 0 unspecified atom stereocenters. The third kappa shape index (κ3) is 5.05. The Labute approximate surface area is 400 Å². The van der Waals surface area contributed by atoms with Crippen LogP contribution in [0.15, 0.2) is 231 Å². The number of para-hydroxylation sites is 4. The second kappa shape index (κ2) is 13.9. The highest BCUT2D eigenvalue weighted by atomic mass is 15.2. The zero-order valence-electron chi connectivity index (χ0n) is 38.2. The average molecular weight is 881 g/mol. The van der Waals surface area contributed by atoms with Gasteiger partial charge < -0.3 is 4.90 Å². The van der Waals surface area contributed by atoms with Crippen LogP contribution in [0.25, 0.3) is 78.0 Å². The summed E-state index contributed by atoms with van der Waals surface area (Å²) < 4.78 is 4.55. The van der Waals surface area contributed by atoms with E-state index in [1.165, 1.54) is 72.4 Å². The van der Waals surface area contributed by atoms with E-state index in [4.69, 9.17) is 4.98 Å². The standard InChI is InChI=1S/C65H44N4/c1-64(2)52-21-7-3-16-46(52)50-39-38-45(40-56(50)64)67(61-29-15-20-51-49-19-6-10-24-55(49)65(62(51)61)53-22-8-4-17-47(53)48-18-5-9-23-54(48)65)43-34-30-41(31-35-43)42-32-36-44(37-33-42)68-59-27-13-14-28-60(59)69-58-26-12-11-25-57(58)66-63(68)69/h3-40H,1-2H3. The average Bonchev–Trinajstić information content (AvgIpc) is 4.17. The van der Waals surface area contributed by atoms with Crippen molar-refractivity contribution in [2.45, 2.75) is 24.7 Å². The third-order valence-corrected chi connectivity index (χ3v) is 15.7. The lowest BCUT2D eigenvalue weighted by atomic mass is 9.70.